The van der Waals surface area contributed by atoms with Crippen molar-refractivity contribution in [1.82, 2.24) is 19.5 Å². The van der Waals surface area contributed by atoms with E-state index in [1.165, 1.54) is 41.4 Å². The fraction of sp³-hybridized carbons (Fsp3) is 0.0968. The summed E-state index contributed by atoms with van der Waals surface area (Å²) in [6.07, 6.45) is -2.11. The quantitative estimate of drug-likeness (QED) is 0.202. The van der Waals surface area contributed by atoms with E-state index in [4.69, 9.17) is 11.6 Å². The highest BCUT2D eigenvalue weighted by Gasteiger charge is 2.31. The number of aromatic amines is 1. The fourth-order valence-corrected chi connectivity index (χ4v) is 6.67. The number of nitrogens with one attached hydrogen (secondary N) is 2. The van der Waals surface area contributed by atoms with Gasteiger partial charge in [0.25, 0.3) is 5.56 Å². The van der Waals surface area contributed by atoms with Crippen LogP contribution in [0.2, 0.25) is 5.02 Å². The molecule has 0 spiro atoms. The number of hydrogen-bond acceptors (Lipinski definition) is 7. The Hall–Kier alpha value is -5.01. The topological polar surface area (TPSA) is 119 Å². The SMILES string of the molecule is C[C@H](Nc1ncnc2[nH]ccc(=O)c12)c1c(Cl)c2cccc(S(=O)c3ccc(OC(F)(F)F)cc3)c2c(=O)n1-c1ccccc1. The standard InChI is InChI=1S/C31H21ClF3N5O4S/c1-17(39-29-25-22(41)14-15-36-28(25)37-16-38-29)27-26(32)21-8-5-9-23(24(21)30(42)40(27)18-6-3-2-4-7-18)45(43)20-12-10-19(11-13-20)44-31(33,34)35/h2-17H,1H3,(H2,36,37,38,39,41)/t17-,45?/m0/s1. The lowest BCUT2D eigenvalue weighted by Crippen LogP contribution is -2.27. The summed E-state index contributed by atoms with van der Waals surface area (Å²) in [5.74, 6) is -0.245. The van der Waals surface area contributed by atoms with Gasteiger partial charge in [-0.25, -0.2) is 14.2 Å². The molecule has 0 saturated heterocycles. The number of nitrogens with zero attached hydrogens (tertiary/aromatic N) is 3. The molecule has 228 valence electrons. The number of aromatic nitrogens is 4. The zero-order chi connectivity index (χ0) is 31.9. The highest BCUT2D eigenvalue weighted by Crippen LogP contribution is 2.36. The summed E-state index contributed by atoms with van der Waals surface area (Å²) in [6.45, 7) is 1.75. The molecule has 1 unspecified atom stereocenters. The second-order valence-electron chi connectivity index (χ2n) is 9.80. The average Bonchev–Trinajstić information content (AvgIpc) is 3.02. The summed E-state index contributed by atoms with van der Waals surface area (Å²) < 4.78 is 57.0. The number of hydrogen-bond donors (Lipinski definition) is 2. The van der Waals surface area contributed by atoms with Crippen LogP contribution in [0.25, 0.3) is 27.5 Å². The first-order chi connectivity index (χ1) is 21.5. The molecule has 0 aliphatic carbocycles. The van der Waals surface area contributed by atoms with Crippen molar-refractivity contribution >= 4 is 50.0 Å². The van der Waals surface area contributed by atoms with Crippen LogP contribution >= 0.6 is 11.6 Å². The number of alkyl halides is 3. The van der Waals surface area contributed by atoms with Gasteiger partial charge < -0.3 is 15.0 Å². The molecule has 0 fully saturated rings. The zero-order valence-corrected chi connectivity index (χ0v) is 24.7. The van der Waals surface area contributed by atoms with E-state index in [1.807, 2.05) is 0 Å². The smallest absolute Gasteiger partial charge is 0.406 e. The van der Waals surface area contributed by atoms with Gasteiger partial charge in [-0.1, -0.05) is 41.9 Å². The molecule has 0 bridgehead atoms. The second-order valence-corrected chi connectivity index (χ2v) is 11.6. The number of fused-ring (bicyclic) bond motifs is 2. The third kappa shape index (κ3) is 5.79. The first kappa shape index (κ1) is 30.0. The molecule has 45 heavy (non-hydrogen) atoms. The van der Waals surface area contributed by atoms with E-state index in [0.717, 1.165) is 12.1 Å². The molecule has 0 radical (unpaired) electrons. The van der Waals surface area contributed by atoms with Gasteiger partial charge in [-0.2, -0.15) is 0 Å². The van der Waals surface area contributed by atoms with Crippen LogP contribution in [0.5, 0.6) is 5.75 Å². The maximum atomic E-state index is 14.4. The minimum absolute atomic E-state index is 0.0696. The van der Waals surface area contributed by atoms with E-state index in [2.05, 4.69) is 25.0 Å². The molecule has 6 aromatic rings. The highest BCUT2D eigenvalue weighted by atomic mass is 35.5. The van der Waals surface area contributed by atoms with Gasteiger partial charge >= 0.3 is 6.36 Å². The average molecular weight is 652 g/mol. The van der Waals surface area contributed by atoms with Gasteiger partial charge in [0, 0.05) is 28.2 Å². The molecule has 0 amide bonds. The van der Waals surface area contributed by atoms with Crippen LogP contribution in [0.3, 0.4) is 0 Å². The van der Waals surface area contributed by atoms with Gasteiger partial charge in [0.15, 0.2) is 5.43 Å². The molecule has 3 aromatic heterocycles. The van der Waals surface area contributed by atoms with Gasteiger partial charge in [0.2, 0.25) is 0 Å². The van der Waals surface area contributed by atoms with Gasteiger partial charge in [-0.3, -0.25) is 14.2 Å². The first-order valence-corrected chi connectivity index (χ1v) is 14.9. The van der Waals surface area contributed by atoms with Crippen LogP contribution in [0.15, 0.2) is 111 Å². The maximum Gasteiger partial charge on any atom is 0.573 e. The maximum absolute atomic E-state index is 14.4. The van der Waals surface area contributed by atoms with Crippen molar-refractivity contribution in [2.75, 3.05) is 5.32 Å². The third-order valence-electron chi connectivity index (χ3n) is 6.94. The molecule has 9 nitrogen and oxygen atoms in total. The molecule has 0 aliphatic heterocycles. The predicted molar refractivity (Wildman–Crippen MR) is 165 cm³/mol. The Balaban J connectivity index is 1.52. The number of pyridine rings is 2. The van der Waals surface area contributed by atoms with Crippen LogP contribution in [-0.2, 0) is 10.8 Å². The molecule has 2 N–H and O–H groups in total. The normalized spacial score (nSPS) is 13.1. The van der Waals surface area contributed by atoms with Crippen molar-refractivity contribution in [3.05, 3.63) is 123 Å². The minimum Gasteiger partial charge on any atom is -0.406 e. The summed E-state index contributed by atoms with van der Waals surface area (Å²) in [5, 5.41) is 3.98. The number of benzene rings is 3. The lowest BCUT2D eigenvalue weighted by atomic mass is 10.1. The van der Waals surface area contributed by atoms with Crippen LogP contribution in [0.1, 0.15) is 18.7 Å². The Morgan fingerprint density at radius 1 is 0.956 bits per heavy atom. The molecule has 2 atom stereocenters. The molecule has 6 rings (SSSR count). The lowest BCUT2D eigenvalue weighted by molar-refractivity contribution is -0.274. The van der Waals surface area contributed by atoms with Crippen LogP contribution in [0, 0.1) is 0 Å². The number of para-hydroxylation sites is 1. The van der Waals surface area contributed by atoms with Crippen LogP contribution in [0.4, 0.5) is 19.0 Å². The third-order valence-corrected chi connectivity index (χ3v) is 8.78. The number of rotatable bonds is 7. The number of halogens is 4. The summed E-state index contributed by atoms with van der Waals surface area (Å²) in [7, 11) is -1.98. The van der Waals surface area contributed by atoms with E-state index >= 15 is 0 Å². The molecule has 3 aromatic carbocycles. The largest absolute Gasteiger partial charge is 0.573 e. The van der Waals surface area contributed by atoms with Crippen molar-refractivity contribution in [3.8, 4) is 11.4 Å². The zero-order valence-electron chi connectivity index (χ0n) is 23.1. The number of ether oxygens (including phenoxy) is 1. The molecular formula is C31H21ClF3N5O4S. The van der Waals surface area contributed by atoms with Crippen molar-refractivity contribution in [2.24, 2.45) is 0 Å². The monoisotopic (exact) mass is 651 g/mol. The summed E-state index contributed by atoms with van der Waals surface area (Å²) in [6, 6.07) is 18.6. The van der Waals surface area contributed by atoms with Gasteiger partial charge in [-0.05, 0) is 49.4 Å². The van der Waals surface area contributed by atoms with E-state index < -0.39 is 34.5 Å². The van der Waals surface area contributed by atoms with E-state index in [1.54, 1.807) is 49.4 Å². The molecule has 3 heterocycles. The van der Waals surface area contributed by atoms with Gasteiger partial charge in [0.05, 0.1) is 37.8 Å². The summed E-state index contributed by atoms with van der Waals surface area (Å²) in [5.41, 5.74) is 0.290. The van der Waals surface area contributed by atoms with E-state index in [9.17, 15) is 27.0 Å². The van der Waals surface area contributed by atoms with Crippen molar-refractivity contribution in [3.63, 3.8) is 0 Å². The van der Waals surface area contributed by atoms with Crippen molar-refractivity contribution in [1.29, 1.82) is 0 Å². The number of anilines is 1. The Labute approximate surface area is 259 Å². The second kappa shape index (κ2) is 11.8. The van der Waals surface area contributed by atoms with E-state index in [0.29, 0.717) is 22.4 Å². The van der Waals surface area contributed by atoms with Crippen molar-refractivity contribution < 1.29 is 22.1 Å². The van der Waals surface area contributed by atoms with Gasteiger partial charge in [-0.15, -0.1) is 13.2 Å². The Bertz CT molecular complexity index is 2200. The minimum atomic E-state index is -4.88. The van der Waals surface area contributed by atoms with Crippen molar-refractivity contribution in [2.45, 2.75) is 29.1 Å². The fourth-order valence-electron chi connectivity index (χ4n) is 5.05. The highest BCUT2D eigenvalue weighted by molar-refractivity contribution is 7.85. The molecule has 0 aliphatic rings. The molecular weight excluding hydrogens is 631 g/mol. The Morgan fingerprint density at radius 3 is 2.40 bits per heavy atom. The lowest BCUT2D eigenvalue weighted by Gasteiger charge is -2.24. The Kier molecular flexibility index (Phi) is 7.89. The predicted octanol–water partition coefficient (Wildman–Crippen LogP) is 6.51. The number of H-pyrrole nitrogens is 1. The van der Waals surface area contributed by atoms with Crippen LogP contribution in [-0.4, -0.2) is 30.1 Å². The first-order valence-electron chi connectivity index (χ1n) is 13.3. The molecule has 14 heteroatoms. The summed E-state index contributed by atoms with van der Waals surface area (Å²) in [4.78, 5) is 38.7. The van der Waals surface area contributed by atoms with Gasteiger partial charge in [0.1, 0.15) is 28.9 Å². The van der Waals surface area contributed by atoms with Crippen LogP contribution < -0.4 is 21.0 Å². The Morgan fingerprint density at radius 2 is 1.69 bits per heavy atom. The van der Waals surface area contributed by atoms with E-state index in [-0.39, 0.29) is 36.8 Å². The summed E-state index contributed by atoms with van der Waals surface area (Å²) >= 11 is 7.06. The molecule has 0 saturated carbocycles.